The van der Waals surface area contributed by atoms with Gasteiger partial charge in [-0.25, -0.2) is 0 Å². The molecule has 1 saturated carbocycles. The molecule has 1 aliphatic carbocycles. The number of hydrogen-bond acceptors (Lipinski definition) is 3. The van der Waals surface area contributed by atoms with Gasteiger partial charge in [-0.1, -0.05) is 20.8 Å². The molecule has 0 aromatic heterocycles. The lowest BCUT2D eigenvalue weighted by Gasteiger charge is -2.54. The molecule has 106 valence electrons. The molecule has 1 aliphatic heterocycles. The Morgan fingerprint density at radius 2 is 2.17 bits per heavy atom. The van der Waals surface area contributed by atoms with Crippen LogP contribution in [0.5, 0.6) is 0 Å². The fourth-order valence-corrected chi connectivity index (χ4v) is 3.68. The number of ether oxygens (including phenoxy) is 1. The minimum Gasteiger partial charge on any atom is -0.381 e. The number of nitrogens with zero attached hydrogens (tertiary/aromatic N) is 1. The molecule has 18 heavy (non-hydrogen) atoms. The van der Waals surface area contributed by atoms with Crippen LogP contribution < -0.4 is 5.32 Å². The first-order valence-corrected chi connectivity index (χ1v) is 7.57. The van der Waals surface area contributed by atoms with Gasteiger partial charge in [0.25, 0.3) is 0 Å². The van der Waals surface area contributed by atoms with Crippen LogP contribution in [0.3, 0.4) is 0 Å². The quantitative estimate of drug-likeness (QED) is 0.735. The van der Waals surface area contributed by atoms with Gasteiger partial charge >= 0.3 is 0 Å². The second-order valence-corrected chi connectivity index (χ2v) is 6.65. The molecule has 3 unspecified atom stereocenters. The molecule has 2 fully saturated rings. The van der Waals surface area contributed by atoms with Crippen molar-refractivity contribution in [1.82, 2.24) is 10.2 Å². The molecule has 0 spiro atoms. The zero-order chi connectivity index (χ0) is 13.2. The Bertz CT molecular complexity index is 267. The lowest BCUT2D eigenvalue weighted by Crippen LogP contribution is -2.61. The van der Waals surface area contributed by atoms with Crippen LogP contribution in [-0.2, 0) is 4.74 Å². The number of methoxy groups -OCH3 is 1. The fourth-order valence-electron chi connectivity index (χ4n) is 3.68. The van der Waals surface area contributed by atoms with Crippen LogP contribution in [0.4, 0.5) is 0 Å². The third-order valence-electron chi connectivity index (χ3n) is 5.03. The predicted molar refractivity (Wildman–Crippen MR) is 75.8 cm³/mol. The molecule has 1 N–H and O–H groups in total. The number of rotatable bonds is 6. The van der Waals surface area contributed by atoms with Crippen molar-refractivity contribution in [3.05, 3.63) is 0 Å². The van der Waals surface area contributed by atoms with Crippen molar-refractivity contribution in [2.75, 3.05) is 33.3 Å². The molecule has 0 aromatic rings. The van der Waals surface area contributed by atoms with E-state index in [0.717, 1.165) is 18.5 Å². The Hall–Kier alpha value is -0.120. The smallest absolute Gasteiger partial charge is 0.0652 e. The highest BCUT2D eigenvalue weighted by atomic mass is 16.5. The molecule has 3 nitrogen and oxygen atoms in total. The number of likely N-dealkylation sites (tertiary alicyclic amines) is 1. The normalized spacial score (nSPS) is 35.7. The zero-order valence-corrected chi connectivity index (χ0v) is 12.5. The lowest BCUT2D eigenvalue weighted by atomic mass is 9.64. The van der Waals surface area contributed by atoms with E-state index in [1.54, 1.807) is 0 Å². The van der Waals surface area contributed by atoms with E-state index in [-0.39, 0.29) is 0 Å². The molecule has 1 saturated heterocycles. The van der Waals surface area contributed by atoms with E-state index in [4.69, 9.17) is 4.74 Å². The molecule has 0 bridgehead atoms. The van der Waals surface area contributed by atoms with E-state index in [0.29, 0.717) is 11.5 Å². The van der Waals surface area contributed by atoms with Crippen molar-refractivity contribution in [2.24, 2.45) is 11.3 Å². The Morgan fingerprint density at radius 3 is 2.78 bits per heavy atom. The topological polar surface area (TPSA) is 24.5 Å². The second kappa shape index (κ2) is 5.89. The monoisotopic (exact) mass is 254 g/mol. The van der Waals surface area contributed by atoms with Crippen LogP contribution >= 0.6 is 0 Å². The summed E-state index contributed by atoms with van der Waals surface area (Å²) >= 11 is 0. The summed E-state index contributed by atoms with van der Waals surface area (Å²) in [5.74, 6) is 0.856. The van der Waals surface area contributed by atoms with E-state index >= 15 is 0 Å². The molecule has 0 amide bonds. The van der Waals surface area contributed by atoms with Gasteiger partial charge in [0.05, 0.1) is 6.10 Å². The van der Waals surface area contributed by atoms with Crippen LogP contribution in [0, 0.1) is 11.3 Å². The van der Waals surface area contributed by atoms with E-state index in [9.17, 15) is 0 Å². The largest absolute Gasteiger partial charge is 0.381 e. The van der Waals surface area contributed by atoms with Gasteiger partial charge in [-0.3, -0.25) is 4.90 Å². The fraction of sp³-hybridized carbons (Fsp3) is 1.00. The highest BCUT2D eigenvalue weighted by molar-refractivity contribution is 5.05. The first kappa shape index (κ1) is 14.3. The van der Waals surface area contributed by atoms with Crippen molar-refractivity contribution < 1.29 is 4.74 Å². The van der Waals surface area contributed by atoms with Crippen LogP contribution in [0.25, 0.3) is 0 Å². The summed E-state index contributed by atoms with van der Waals surface area (Å²) in [6.07, 6.45) is 4.28. The van der Waals surface area contributed by atoms with E-state index in [2.05, 4.69) is 31.0 Å². The second-order valence-electron chi connectivity index (χ2n) is 6.65. The molecule has 1 heterocycles. The maximum Gasteiger partial charge on any atom is 0.0652 e. The van der Waals surface area contributed by atoms with E-state index < -0.39 is 0 Å². The summed E-state index contributed by atoms with van der Waals surface area (Å²) in [6, 6.07) is 0.735. The van der Waals surface area contributed by atoms with Crippen LogP contribution in [0.1, 0.15) is 40.0 Å². The van der Waals surface area contributed by atoms with Crippen molar-refractivity contribution in [3.8, 4) is 0 Å². The Morgan fingerprint density at radius 1 is 1.39 bits per heavy atom. The van der Waals surface area contributed by atoms with Crippen LogP contribution in [0.2, 0.25) is 0 Å². The average Bonchev–Trinajstić information content (AvgIpc) is 2.77. The van der Waals surface area contributed by atoms with E-state index in [1.165, 1.54) is 38.9 Å². The SMILES string of the molecule is CCCNCC1CCN(C2CC(OC)C2(C)C)C1. The van der Waals surface area contributed by atoms with Gasteiger partial charge in [-0.15, -0.1) is 0 Å². The number of hydrogen-bond donors (Lipinski definition) is 1. The molecule has 3 heteroatoms. The molecular weight excluding hydrogens is 224 g/mol. The highest BCUT2D eigenvalue weighted by Crippen LogP contribution is 2.46. The van der Waals surface area contributed by atoms with Crippen LogP contribution in [-0.4, -0.2) is 50.3 Å². The zero-order valence-electron chi connectivity index (χ0n) is 12.5. The van der Waals surface area contributed by atoms with E-state index in [1.807, 2.05) is 7.11 Å². The highest BCUT2D eigenvalue weighted by Gasteiger charge is 2.51. The average molecular weight is 254 g/mol. The molecule has 0 radical (unpaired) electrons. The van der Waals surface area contributed by atoms with Gasteiger partial charge in [-0.2, -0.15) is 0 Å². The maximum absolute atomic E-state index is 5.56. The minimum absolute atomic E-state index is 0.334. The standard InChI is InChI=1S/C15H30N2O/c1-5-7-16-10-12-6-8-17(11-12)13-9-14(18-4)15(13,2)3/h12-14,16H,5-11H2,1-4H3. The van der Waals surface area contributed by atoms with Gasteiger partial charge in [0, 0.05) is 25.1 Å². The first-order valence-electron chi connectivity index (χ1n) is 7.57. The Balaban J connectivity index is 1.76. The van der Waals surface area contributed by atoms with Gasteiger partial charge in [0.1, 0.15) is 0 Å². The predicted octanol–water partition coefficient (Wildman–Crippen LogP) is 2.12. The summed E-state index contributed by atoms with van der Waals surface area (Å²) in [5, 5.41) is 3.56. The third-order valence-corrected chi connectivity index (χ3v) is 5.03. The molecule has 2 rings (SSSR count). The summed E-state index contributed by atoms with van der Waals surface area (Å²) in [4.78, 5) is 2.70. The van der Waals surface area contributed by atoms with Crippen molar-refractivity contribution >= 4 is 0 Å². The first-order chi connectivity index (χ1) is 8.59. The molecule has 2 aliphatic rings. The van der Waals surface area contributed by atoms with Crippen molar-refractivity contribution in [3.63, 3.8) is 0 Å². The summed E-state index contributed by atoms with van der Waals surface area (Å²) in [7, 11) is 1.85. The van der Waals surface area contributed by atoms with Gasteiger partial charge < -0.3 is 10.1 Å². The lowest BCUT2D eigenvalue weighted by molar-refractivity contribution is -0.133. The van der Waals surface area contributed by atoms with Crippen molar-refractivity contribution in [2.45, 2.75) is 52.2 Å². The Kier molecular flexibility index (Phi) is 4.68. The molecular formula is C15H30N2O. The summed E-state index contributed by atoms with van der Waals surface area (Å²) in [6.45, 7) is 11.9. The van der Waals surface area contributed by atoms with Crippen LogP contribution in [0.15, 0.2) is 0 Å². The number of nitrogens with one attached hydrogen (secondary N) is 1. The van der Waals surface area contributed by atoms with Crippen molar-refractivity contribution in [1.29, 1.82) is 0 Å². The molecule has 3 atom stereocenters. The van der Waals surface area contributed by atoms with Gasteiger partial charge in [0.2, 0.25) is 0 Å². The maximum atomic E-state index is 5.56. The molecule has 0 aromatic carbocycles. The minimum atomic E-state index is 0.334. The summed E-state index contributed by atoms with van der Waals surface area (Å²) < 4.78 is 5.56. The third kappa shape index (κ3) is 2.73. The van der Waals surface area contributed by atoms with Gasteiger partial charge in [-0.05, 0) is 44.8 Å². The van der Waals surface area contributed by atoms with Gasteiger partial charge in [0.15, 0.2) is 0 Å². The Labute approximate surface area is 112 Å². The summed E-state index contributed by atoms with van der Waals surface area (Å²) in [5.41, 5.74) is 0.334.